The molecule has 3 aromatic rings. The van der Waals surface area contributed by atoms with Gasteiger partial charge in [0.1, 0.15) is 17.3 Å². The normalized spacial score (nSPS) is 17.2. The van der Waals surface area contributed by atoms with Crippen molar-refractivity contribution in [2.75, 3.05) is 19.1 Å². The van der Waals surface area contributed by atoms with E-state index in [1.807, 2.05) is 56.3 Å². The van der Waals surface area contributed by atoms with Gasteiger partial charge in [-0.25, -0.2) is 0 Å². The van der Waals surface area contributed by atoms with Crippen LogP contribution in [-0.4, -0.2) is 31.0 Å². The van der Waals surface area contributed by atoms with Crippen LogP contribution in [0.15, 0.2) is 72.3 Å². The zero-order valence-electron chi connectivity index (χ0n) is 19.7. The summed E-state index contributed by atoms with van der Waals surface area (Å²) >= 11 is 0. The number of anilines is 1. The molecule has 1 N–H and O–H groups in total. The third kappa shape index (κ3) is 3.92. The minimum absolute atomic E-state index is 0.0158. The van der Waals surface area contributed by atoms with Crippen LogP contribution in [0.4, 0.5) is 5.69 Å². The monoisotopic (exact) mass is 457 g/mol. The Morgan fingerprint density at radius 3 is 2.26 bits per heavy atom. The number of aliphatic hydroxyl groups excluding tert-OH is 1. The van der Waals surface area contributed by atoms with E-state index in [0.717, 1.165) is 17.5 Å². The Kier molecular flexibility index (Phi) is 6.41. The molecule has 1 unspecified atom stereocenters. The summed E-state index contributed by atoms with van der Waals surface area (Å²) in [5.41, 5.74) is 3.47. The number of para-hydroxylation sites is 1. The zero-order chi connectivity index (χ0) is 24.4. The molecular formula is C28H27NO5. The molecular weight excluding hydrogens is 430 g/mol. The summed E-state index contributed by atoms with van der Waals surface area (Å²) in [6.45, 7) is 3.92. The molecule has 1 atom stereocenters. The van der Waals surface area contributed by atoms with Gasteiger partial charge in [-0.1, -0.05) is 48.9 Å². The van der Waals surface area contributed by atoms with Gasteiger partial charge in [-0.2, -0.15) is 0 Å². The molecule has 0 aromatic heterocycles. The van der Waals surface area contributed by atoms with Gasteiger partial charge in [-0.15, -0.1) is 0 Å². The van der Waals surface area contributed by atoms with Crippen LogP contribution < -0.4 is 14.4 Å². The summed E-state index contributed by atoms with van der Waals surface area (Å²) in [7, 11) is 3.03. The van der Waals surface area contributed by atoms with E-state index in [1.54, 1.807) is 24.3 Å². The number of amides is 1. The number of carbonyl (C=O) groups is 2. The maximum Gasteiger partial charge on any atom is 0.300 e. The van der Waals surface area contributed by atoms with Crippen LogP contribution in [-0.2, 0) is 16.0 Å². The van der Waals surface area contributed by atoms with Crippen molar-refractivity contribution < 1.29 is 24.2 Å². The molecule has 1 aliphatic rings. The van der Waals surface area contributed by atoms with Crippen LogP contribution in [0.2, 0.25) is 0 Å². The Bertz CT molecular complexity index is 1280. The van der Waals surface area contributed by atoms with E-state index in [4.69, 9.17) is 9.47 Å². The topological polar surface area (TPSA) is 76.1 Å². The third-order valence-corrected chi connectivity index (χ3v) is 6.11. The molecule has 6 nitrogen and oxygen atoms in total. The Balaban J connectivity index is 2.00. The SMILES string of the molecule is CCc1ccc(N2C(=O)C(=O)/C(=C(/O)c3cc(C)ccc3OC)C2c2ccccc2OC)cc1. The second kappa shape index (κ2) is 9.43. The van der Waals surface area contributed by atoms with Gasteiger partial charge >= 0.3 is 0 Å². The van der Waals surface area contributed by atoms with Crippen molar-refractivity contribution in [1.29, 1.82) is 0 Å². The van der Waals surface area contributed by atoms with Crippen molar-refractivity contribution >= 4 is 23.1 Å². The van der Waals surface area contributed by atoms with Gasteiger partial charge in [0.05, 0.1) is 31.4 Å². The molecule has 3 aromatic carbocycles. The van der Waals surface area contributed by atoms with Gasteiger partial charge < -0.3 is 14.6 Å². The molecule has 0 bridgehead atoms. The summed E-state index contributed by atoms with van der Waals surface area (Å²) < 4.78 is 11.0. The van der Waals surface area contributed by atoms with E-state index in [0.29, 0.717) is 28.3 Å². The number of hydrogen-bond acceptors (Lipinski definition) is 5. The second-order valence-electron chi connectivity index (χ2n) is 8.13. The van der Waals surface area contributed by atoms with Gasteiger partial charge in [0.2, 0.25) is 0 Å². The number of carbonyl (C=O) groups excluding carboxylic acids is 2. The number of ketones is 1. The van der Waals surface area contributed by atoms with Crippen molar-refractivity contribution in [2.24, 2.45) is 0 Å². The number of Topliss-reactive ketones (excluding diaryl/α,β-unsaturated/α-hetero) is 1. The van der Waals surface area contributed by atoms with Crippen molar-refractivity contribution in [3.63, 3.8) is 0 Å². The van der Waals surface area contributed by atoms with Crippen molar-refractivity contribution in [1.82, 2.24) is 0 Å². The number of hydrogen-bond donors (Lipinski definition) is 1. The highest BCUT2D eigenvalue weighted by Gasteiger charge is 2.48. The minimum atomic E-state index is -0.881. The third-order valence-electron chi connectivity index (χ3n) is 6.11. The highest BCUT2D eigenvalue weighted by atomic mass is 16.5. The average Bonchev–Trinajstić information content (AvgIpc) is 3.13. The van der Waals surface area contributed by atoms with Gasteiger partial charge in [0.15, 0.2) is 0 Å². The lowest BCUT2D eigenvalue weighted by molar-refractivity contribution is -0.132. The van der Waals surface area contributed by atoms with Crippen LogP contribution >= 0.6 is 0 Å². The summed E-state index contributed by atoms with van der Waals surface area (Å²) in [6.07, 6.45) is 0.849. The van der Waals surface area contributed by atoms with E-state index in [-0.39, 0.29) is 11.3 Å². The summed E-state index contributed by atoms with van der Waals surface area (Å²) in [5.74, 6) is -0.862. The molecule has 1 aliphatic heterocycles. The van der Waals surface area contributed by atoms with E-state index >= 15 is 0 Å². The molecule has 6 heteroatoms. The van der Waals surface area contributed by atoms with Crippen molar-refractivity contribution in [2.45, 2.75) is 26.3 Å². The van der Waals surface area contributed by atoms with Gasteiger partial charge in [0, 0.05) is 11.3 Å². The molecule has 0 spiro atoms. The lowest BCUT2D eigenvalue weighted by Crippen LogP contribution is -2.29. The molecule has 1 fully saturated rings. The smallest absolute Gasteiger partial charge is 0.300 e. The molecule has 4 rings (SSSR count). The number of methoxy groups -OCH3 is 2. The fourth-order valence-corrected chi connectivity index (χ4v) is 4.33. The standard InChI is InChI=1S/C28H27NO5/c1-5-18-11-13-19(14-12-18)29-25(20-8-6-7-9-22(20)33-3)24(27(31)28(29)32)26(30)21-16-17(2)10-15-23(21)34-4/h6-16,25,30H,5H2,1-4H3/b26-24+. The Morgan fingerprint density at radius 2 is 1.62 bits per heavy atom. The van der Waals surface area contributed by atoms with Crippen LogP contribution in [0.3, 0.4) is 0 Å². The predicted molar refractivity (Wildman–Crippen MR) is 131 cm³/mol. The van der Waals surface area contributed by atoms with Crippen LogP contribution in [0.25, 0.3) is 5.76 Å². The second-order valence-corrected chi connectivity index (χ2v) is 8.13. The fourth-order valence-electron chi connectivity index (χ4n) is 4.33. The first-order valence-corrected chi connectivity index (χ1v) is 11.1. The quantitative estimate of drug-likeness (QED) is 0.313. The zero-order valence-corrected chi connectivity index (χ0v) is 19.7. The molecule has 34 heavy (non-hydrogen) atoms. The van der Waals surface area contributed by atoms with Crippen LogP contribution in [0.1, 0.15) is 35.2 Å². The predicted octanol–water partition coefficient (Wildman–Crippen LogP) is 5.20. The number of ether oxygens (including phenoxy) is 2. The molecule has 1 heterocycles. The number of rotatable bonds is 6. The highest BCUT2D eigenvalue weighted by molar-refractivity contribution is 6.51. The number of nitrogens with zero attached hydrogens (tertiary/aromatic N) is 1. The number of aryl methyl sites for hydroxylation is 2. The Labute approximate surface area is 199 Å². The molecule has 1 amide bonds. The van der Waals surface area contributed by atoms with E-state index in [1.165, 1.54) is 19.1 Å². The molecule has 1 saturated heterocycles. The maximum atomic E-state index is 13.4. The van der Waals surface area contributed by atoms with Crippen molar-refractivity contribution in [3.8, 4) is 11.5 Å². The molecule has 0 radical (unpaired) electrons. The number of benzene rings is 3. The van der Waals surface area contributed by atoms with Gasteiger partial charge in [-0.05, 0) is 49.2 Å². The lowest BCUT2D eigenvalue weighted by atomic mass is 9.93. The largest absolute Gasteiger partial charge is 0.507 e. The first-order chi connectivity index (χ1) is 16.4. The summed E-state index contributed by atoms with van der Waals surface area (Å²) in [5, 5.41) is 11.4. The van der Waals surface area contributed by atoms with E-state index < -0.39 is 17.7 Å². The van der Waals surface area contributed by atoms with E-state index in [9.17, 15) is 14.7 Å². The first kappa shape index (κ1) is 23.1. The minimum Gasteiger partial charge on any atom is -0.507 e. The maximum absolute atomic E-state index is 13.4. The van der Waals surface area contributed by atoms with Crippen LogP contribution in [0, 0.1) is 6.92 Å². The average molecular weight is 458 g/mol. The fraction of sp³-hybridized carbons (Fsp3) is 0.214. The Morgan fingerprint density at radius 1 is 0.941 bits per heavy atom. The Hall–Kier alpha value is -4.06. The highest BCUT2D eigenvalue weighted by Crippen LogP contribution is 2.45. The van der Waals surface area contributed by atoms with Crippen LogP contribution in [0.5, 0.6) is 11.5 Å². The molecule has 0 aliphatic carbocycles. The lowest BCUT2D eigenvalue weighted by Gasteiger charge is -2.27. The molecule has 0 saturated carbocycles. The summed E-state index contributed by atoms with van der Waals surface area (Å²) in [6, 6.07) is 19.1. The van der Waals surface area contributed by atoms with E-state index in [2.05, 4.69) is 0 Å². The number of aliphatic hydroxyl groups is 1. The molecule has 174 valence electrons. The van der Waals surface area contributed by atoms with Gasteiger partial charge in [0.25, 0.3) is 11.7 Å². The van der Waals surface area contributed by atoms with Crippen molar-refractivity contribution in [3.05, 3.63) is 94.6 Å². The first-order valence-electron chi connectivity index (χ1n) is 11.1. The van der Waals surface area contributed by atoms with Gasteiger partial charge in [-0.3, -0.25) is 14.5 Å². The summed E-state index contributed by atoms with van der Waals surface area (Å²) in [4.78, 5) is 28.2.